The third kappa shape index (κ3) is 6.31. The maximum Gasteiger partial charge on any atom is 0.417 e. The number of carbonyl (C=O) groups is 3. The number of nitrogens with zero attached hydrogens (tertiary/aromatic N) is 4. The molecule has 0 aromatic heterocycles. The molecule has 4 aliphatic rings. The highest BCUT2D eigenvalue weighted by atomic mass is 16.5. The molecule has 0 spiro atoms. The Morgan fingerprint density at radius 3 is 2.31 bits per heavy atom. The van der Waals surface area contributed by atoms with Crippen LogP contribution in [0, 0.1) is 14.0 Å². The van der Waals surface area contributed by atoms with Gasteiger partial charge < -0.3 is 33.9 Å². The monoisotopic (exact) mass is 666 g/mol. The lowest BCUT2D eigenvalue weighted by Crippen LogP contribution is -2.50. The molecule has 2 aromatic carbocycles. The number of anilines is 1. The van der Waals surface area contributed by atoms with Gasteiger partial charge in [-0.3, -0.25) is 14.6 Å². The van der Waals surface area contributed by atoms with Crippen LogP contribution in [0.5, 0.6) is 17.2 Å². The zero-order chi connectivity index (χ0) is 34.8. The van der Waals surface area contributed by atoms with Crippen molar-refractivity contribution in [3.63, 3.8) is 0 Å². The molecule has 0 bridgehead atoms. The van der Waals surface area contributed by atoms with Gasteiger partial charge in [-0.1, -0.05) is 24.3 Å². The van der Waals surface area contributed by atoms with Gasteiger partial charge >= 0.3 is 6.09 Å². The summed E-state index contributed by atoms with van der Waals surface area (Å²) in [6.07, 6.45) is 12.0. The molecule has 254 valence electrons. The molecule has 4 aliphatic heterocycles. The van der Waals surface area contributed by atoms with E-state index in [9.17, 15) is 19.5 Å². The van der Waals surface area contributed by atoms with Gasteiger partial charge in [0.05, 0.1) is 54.9 Å². The Labute approximate surface area is 285 Å². The van der Waals surface area contributed by atoms with E-state index in [1.807, 2.05) is 51.3 Å². The average Bonchev–Trinajstić information content (AvgIpc) is 3.67. The van der Waals surface area contributed by atoms with Gasteiger partial charge in [-0.05, 0) is 62.5 Å². The molecular weight excluding hydrogens is 628 g/mol. The Morgan fingerprint density at radius 2 is 1.61 bits per heavy atom. The summed E-state index contributed by atoms with van der Waals surface area (Å²) in [4.78, 5) is 48.7. The van der Waals surface area contributed by atoms with Crippen molar-refractivity contribution in [2.45, 2.75) is 58.3 Å². The highest BCUT2D eigenvalue weighted by Gasteiger charge is 2.45. The molecule has 6 rings (SSSR count). The minimum absolute atomic E-state index is 0.0695. The Balaban J connectivity index is 1.16. The summed E-state index contributed by atoms with van der Waals surface area (Å²) < 4.78 is 22.2. The molecule has 1 N–H and O–H groups in total. The van der Waals surface area contributed by atoms with Crippen molar-refractivity contribution in [3.8, 4) is 17.2 Å². The molecule has 0 aliphatic carbocycles. The second-order valence-corrected chi connectivity index (χ2v) is 12.0. The van der Waals surface area contributed by atoms with Crippen molar-refractivity contribution in [1.82, 2.24) is 9.80 Å². The van der Waals surface area contributed by atoms with Gasteiger partial charge in [0, 0.05) is 37.2 Å². The van der Waals surface area contributed by atoms with Crippen LogP contribution < -0.4 is 19.1 Å². The number of aryl methyl sites for hydroxylation is 1. The first-order valence-electron chi connectivity index (χ1n) is 16.1. The van der Waals surface area contributed by atoms with E-state index < -0.39 is 24.3 Å². The molecule has 0 saturated heterocycles. The fourth-order valence-corrected chi connectivity index (χ4v) is 6.52. The third-order valence-corrected chi connectivity index (χ3v) is 8.84. The third-order valence-electron chi connectivity index (χ3n) is 8.84. The second-order valence-electron chi connectivity index (χ2n) is 12.0. The number of carbonyl (C=O) groups excluding carboxylic acids is 3. The fraction of sp³-hybridized carbons (Fsp3) is 0.324. The van der Waals surface area contributed by atoms with Gasteiger partial charge in [0.1, 0.15) is 5.75 Å². The first kappa shape index (κ1) is 33.5. The summed E-state index contributed by atoms with van der Waals surface area (Å²) in [5, 5.41) is 11.3. The Bertz CT molecular complexity index is 1830. The smallest absolute Gasteiger partial charge is 0.417 e. The summed E-state index contributed by atoms with van der Waals surface area (Å²) in [6.45, 7) is 6.16. The molecule has 49 heavy (non-hydrogen) atoms. The van der Waals surface area contributed by atoms with Gasteiger partial charge in [0.15, 0.2) is 24.8 Å². The van der Waals surface area contributed by atoms with E-state index in [0.29, 0.717) is 36.3 Å². The number of benzene rings is 2. The van der Waals surface area contributed by atoms with E-state index >= 15 is 0 Å². The quantitative estimate of drug-likeness (QED) is 0.330. The molecule has 0 unspecified atom stereocenters. The number of rotatable bonds is 9. The number of hydrogen-bond donors (Lipinski definition) is 1. The summed E-state index contributed by atoms with van der Waals surface area (Å²) >= 11 is 0. The van der Waals surface area contributed by atoms with Crippen LogP contribution in [0.25, 0.3) is 0 Å². The molecule has 12 nitrogen and oxygen atoms in total. The van der Waals surface area contributed by atoms with Crippen LogP contribution in [0.3, 0.4) is 0 Å². The molecule has 3 amide bonds. The van der Waals surface area contributed by atoms with E-state index in [1.54, 1.807) is 29.4 Å². The summed E-state index contributed by atoms with van der Waals surface area (Å²) in [5.74, 6) is 0.578. The number of allylic oxidation sites excluding steroid dienone is 4. The lowest BCUT2D eigenvalue weighted by molar-refractivity contribution is 0.0569. The minimum Gasteiger partial charge on any atom is -0.493 e. The molecule has 3 atom stereocenters. The molecule has 12 heteroatoms. The Morgan fingerprint density at radius 1 is 0.939 bits per heavy atom. The number of methoxy groups -OCH3 is 1. The highest BCUT2D eigenvalue weighted by Crippen LogP contribution is 2.42. The lowest BCUT2D eigenvalue weighted by atomic mass is 10.1. The predicted molar refractivity (Wildman–Crippen MR) is 182 cm³/mol. The number of aliphatic imine (C=N–C) groups is 1. The molecule has 0 fully saturated rings. The highest BCUT2D eigenvalue weighted by molar-refractivity contribution is 6.07. The van der Waals surface area contributed by atoms with E-state index in [2.05, 4.69) is 9.73 Å². The number of hydrogen-bond acceptors (Lipinski definition) is 9. The maximum atomic E-state index is 13.7. The van der Waals surface area contributed by atoms with E-state index in [4.69, 9.17) is 21.3 Å². The van der Waals surface area contributed by atoms with Gasteiger partial charge in [0.2, 0.25) is 0 Å². The van der Waals surface area contributed by atoms with Crippen molar-refractivity contribution < 1.29 is 38.4 Å². The summed E-state index contributed by atoms with van der Waals surface area (Å²) in [7, 11) is 6.69. The van der Waals surface area contributed by atoms with Crippen LogP contribution in [0.2, 0.25) is 0 Å². The van der Waals surface area contributed by atoms with Crippen molar-refractivity contribution >= 4 is 35.5 Å². The van der Waals surface area contributed by atoms with Crippen LogP contribution in [-0.2, 0) is 4.74 Å². The largest absolute Gasteiger partial charge is 0.493 e. The first-order chi connectivity index (χ1) is 23.7. The summed E-state index contributed by atoms with van der Waals surface area (Å²) in [6, 6.07) is 5.63. The van der Waals surface area contributed by atoms with Crippen molar-refractivity contribution in [2.75, 3.05) is 25.2 Å². The lowest BCUT2D eigenvalue weighted by Gasteiger charge is -2.31. The number of fused-ring (bicyclic) bond motifs is 4. The molecule has 0 saturated carbocycles. The van der Waals surface area contributed by atoms with E-state index in [0.717, 1.165) is 21.6 Å². The normalized spacial score (nSPS) is 21.2. The van der Waals surface area contributed by atoms with Gasteiger partial charge in [-0.15, -0.1) is 0 Å². The van der Waals surface area contributed by atoms with Gasteiger partial charge in [-0.25, -0.2) is 9.69 Å². The number of aliphatic hydroxyl groups excluding tert-OH is 1. The minimum atomic E-state index is -1.46. The maximum absolute atomic E-state index is 13.7. The average molecular weight is 667 g/mol. The second kappa shape index (κ2) is 14.0. The van der Waals surface area contributed by atoms with E-state index in [-0.39, 0.29) is 47.9 Å². The fourth-order valence-electron chi connectivity index (χ4n) is 6.52. The summed E-state index contributed by atoms with van der Waals surface area (Å²) in [5.41, 5.74) is 3.94. The standard InChI is InChI=1S/C37H38N4O8/c1-6-9-23-14-25-19-38-28-17-31(22(3)13-26(28)34(42)39(25)20-23)48-11-8-12-49-33-18-29-27(16-32(33)46-4)35(43)40-21-24(10-7-2)15-30(40)36(44)41(29)37(45)47-5/h5-7,9-10,13,16-21,25,30,36,44H,8,11-12,14-15H2,1-4H3/b9-6+,10-7+/t25-,30-,36-/m0/s1. The van der Waals surface area contributed by atoms with Crippen LogP contribution in [0.4, 0.5) is 16.2 Å². The topological polar surface area (TPSA) is 130 Å². The van der Waals surface area contributed by atoms with Gasteiger partial charge in [-0.2, -0.15) is 0 Å². The van der Waals surface area contributed by atoms with Crippen molar-refractivity contribution in [2.24, 2.45) is 4.99 Å². The van der Waals surface area contributed by atoms with Crippen LogP contribution in [0.1, 0.15) is 59.4 Å². The van der Waals surface area contributed by atoms with Crippen LogP contribution in [0.15, 0.2) is 77.1 Å². The SMILES string of the molecule is [CH]OC(=O)N1c2cc(OCCCOc3cc4c(cc3C)C(=O)N3C=C(/C=C/C)C[C@H]3C=N4)c(OC)cc2C(=O)N2C=C(/C=C/C)C[C@H]2[C@@H]1O. The van der Waals surface area contributed by atoms with E-state index in [1.165, 1.54) is 24.1 Å². The van der Waals surface area contributed by atoms with Gasteiger partial charge in [0.25, 0.3) is 11.8 Å². The van der Waals surface area contributed by atoms with Crippen LogP contribution in [-0.4, -0.2) is 77.7 Å². The number of aliphatic hydroxyl groups is 1. The molecular formula is C37H38N4O8. The Hall–Kier alpha value is -5.36. The van der Waals surface area contributed by atoms with Crippen LogP contribution >= 0.6 is 0 Å². The zero-order valence-electron chi connectivity index (χ0n) is 27.8. The predicted octanol–water partition coefficient (Wildman–Crippen LogP) is 5.86. The van der Waals surface area contributed by atoms with Crippen molar-refractivity contribution in [3.05, 3.63) is 95.9 Å². The first-order valence-corrected chi connectivity index (χ1v) is 16.1. The Kier molecular flexibility index (Phi) is 9.59. The van der Waals surface area contributed by atoms with Crippen molar-refractivity contribution in [1.29, 1.82) is 0 Å². The number of amides is 3. The molecule has 2 aromatic rings. The molecule has 2 radical (unpaired) electrons. The molecule has 4 heterocycles. The number of ether oxygens (including phenoxy) is 4. The zero-order valence-corrected chi connectivity index (χ0v) is 27.8.